The topological polar surface area (TPSA) is 141 Å². The van der Waals surface area contributed by atoms with Crippen molar-refractivity contribution in [3.8, 4) is 23.0 Å². The first-order valence-corrected chi connectivity index (χ1v) is 17.2. The minimum atomic E-state index is -0.732. The summed E-state index contributed by atoms with van der Waals surface area (Å²) in [5.74, 6) is -1.07. The second-order valence-electron chi connectivity index (χ2n) is 12.0. The highest BCUT2D eigenvalue weighted by atomic mass is 16.5. The van der Waals surface area contributed by atoms with Crippen LogP contribution in [0.1, 0.15) is 85.9 Å². The number of rotatable bonds is 22. The minimum absolute atomic E-state index is 0.0897. The van der Waals surface area contributed by atoms with Crippen molar-refractivity contribution in [1.29, 1.82) is 0 Å². The minimum Gasteiger partial charge on any atom is -0.494 e. The fourth-order valence-corrected chi connectivity index (χ4v) is 4.46. The van der Waals surface area contributed by atoms with Gasteiger partial charge >= 0.3 is 23.9 Å². The smallest absolute Gasteiger partial charge is 0.343 e. The van der Waals surface area contributed by atoms with Crippen LogP contribution in [0.3, 0.4) is 0 Å². The number of carbonyl (C=O) groups excluding carboxylic acids is 4. The molecule has 0 unspecified atom stereocenters. The van der Waals surface area contributed by atoms with Gasteiger partial charge in [-0.2, -0.15) is 0 Å². The summed E-state index contributed by atoms with van der Waals surface area (Å²) in [5.41, 5.74) is 0.705. The second-order valence-corrected chi connectivity index (χ2v) is 12.0. The Kier molecular flexibility index (Phi) is 17.4. The number of ether oxygens (including phenoxy) is 6. The Morgan fingerprint density at radius 2 is 0.865 bits per heavy atom. The second kappa shape index (κ2) is 22.2. The fourth-order valence-electron chi connectivity index (χ4n) is 4.46. The Morgan fingerprint density at radius 1 is 0.481 bits per heavy atom. The van der Waals surface area contributed by atoms with E-state index in [-0.39, 0.29) is 34.6 Å². The van der Waals surface area contributed by atoms with E-state index in [9.17, 15) is 24.0 Å². The van der Waals surface area contributed by atoms with Crippen molar-refractivity contribution < 1.29 is 47.6 Å². The van der Waals surface area contributed by atoms with Gasteiger partial charge in [-0.1, -0.05) is 13.2 Å². The maximum absolute atomic E-state index is 12.7. The van der Waals surface area contributed by atoms with Crippen LogP contribution in [0, 0.1) is 0 Å². The van der Waals surface area contributed by atoms with Crippen LogP contribution >= 0.6 is 0 Å². The Labute approximate surface area is 304 Å². The SMILES string of the molecule is C=C(C)C(=O)OCCCCCCOc1ccc(C(=O)Oc2ccc(OC(=O)c3ccc(OCCCCCCOC(=O)C(=C)C)cc3)c(=O)cc2)cc1. The van der Waals surface area contributed by atoms with E-state index < -0.39 is 17.4 Å². The Bertz CT molecular complexity index is 1730. The molecule has 0 aliphatic heterocycles. The molecule has 0 saturated carbocycles. The molecular weight excluding hydrogens is 668 g/mol. The molecule has 0 aromatic heterocycles. The van der Waals surface area contributed by atoms with Crippen molar-refractivity contribution in [2.45, 2.75) is 65.2 Å². The van der Waals surface area contributed by atoms with E-state index in [0.717, 1.165) is 57.4 Å². The van der Waals surface area contributed by atoms with Gasteiger partial charge in [-0.15, -0.1) is 0 Å². The first-order chi connectivity index (χ1) is 25.0. The quantitative estimate of drug-likeness (QED) is 0.0577. The van der Waals surface area contributed by atoms with Crippen LogP contribution in [-0.4, -0.2) is 50.3 Å². The molecule has 0 N–H and O–H groups in total. The highest BCUT2D eigenvalue weighted by molar-refractivity contribution is 5.92. The molecule has 0 radical (unpaired) electrons. The summed E-state index contributed by atoms with van der Waals surface area (Å²) in [6.45, 7) is 12.0. The molecule has 3 aromatic rings. The Morgan fingerprint density at radius 3 is 1.31 bits per heavy atom. The lowest BCUT2D eigenvalue weighted by atomic mass is 10.2. The van der Waals surface area contributed by atoms with Crippen molar-refractivity contribution in [2.75, 3.05) is 26.4 Å². The highest BCUT2D eigenvalue weighted by Crippen LogP contribution is 2.19. The van der Waals surface area contributed by atoms with E-state index in [1.54, 1.807) is 62.4 Å². The molecule has 3 rings (SSSR count). The van der Waals surface area contributed by atoms with Crippen molar-refractivity contribution in [3.05, 3.63) is 118 Å². The lowest BCUT2D eigenvalue weighted by molar-refractivity contribution is -0.139. The molecule has 3 aromatic carbocycles. The van der Waals surface area contributed by atoms with Crippen molar-refractivity contribution >= 4 is 23.9 Å². The summed E-state index contributed by atoms with van der Waals surface area (Å²) in [6, 6.07) is 18.0. The molecule has 0 bridgehead atoms. The molecule has 0 saturated heterocycles. The predicted molar refractivity (Wildman–Crippen MR) is 195 cm³/mol. The molecule has 0 atom stereocenters. The Hall–Kier alpha value is -5.71. The first kappa shape index (κ1) is 40.7. The zero-order valence-electron chi connectivity index (χ0n) is 29.8. The highest BCUT2D eigenvalue weighted by Gasteiger charge is 2.13. The maximum Gasteiger partial charge on any atom is 0.343 e. The van der Waals surface area contributed by atoms with Crippen molar-refractivity contribution in [3.63, 3.8) is 0 Å². The number of benzene rings is 2. The van der Waals surface area contributed by atoms with Crippen LogP contribution < -0.4 is 24.4 Å². The van der Waals surface area contributed by atoms with Crippen molar-refractivity contribution in [2.24, 2.45) is 0 Å². The van der Waals surface area contributed by atoms with Crippen molar-refractivity contribution in [1.82, 2.24) is 0 Å². The fraction of sp³-hybridized carbons (Fsp3) is 0.341. The molecule has 0 aliphatic carbocycles. The standard InChI is InChI=1S/C41H46O11/c1-29(2)38(43)49-27-11-7-5-9-25-47-33-17-13-31(14-18-33)40(45)51-35-21-23-36(42)37(24-22-35)52-41(46)32-15-19-34(20-16-32)48-26-10-6-8-12-28-50-39(44)30(3)4/h13-24H,1,3,5-12,25-28H2,2,4H3. The summed E-state index contributed by atoms with van der Waals surface area (Å²) in [6.07, 6.45) is 6.80. The largest absolute Gasteiger partial charge is 0.494 e. The molecule has 0 fully saturated rings. The third kappa shape index (κ3) is 15.0. The van der Waals surface area contributed by atoms with E-state index >= 15 is 0 Å². The van der Waals surface area contributed by atoms with Gasteiger partial charge in [-0.3, -0.25) is 4.79 Å². The molecule has 0 amide bonds. The molecule has 11 heteroatoms. The van der Waals surface area contributed by atoms with Gasteiger partial charge in [0.2, 0.25) is 5.43 Å². The zero-order valence-corrected chi connectivity index (χ0v) is 29.8. The summed E-state index contributed by atoms with van der Waals surface area (Å²) >= 11 is 0. The van der Waals surface area contributed by atoms with Gasteiger partial charge in [0.05, 0.1) is 37.6 Å². The van der Waals surface area contributed by atoms with Gasteiger partial charge in [0, 0.05) is 11.1 Å². The zero-order chi connectivity index (χ0) is 37.7. The molecule has 0 heterocycles. The van der Waals surface area contributed by atoms with Crippen LogP contribution in [0.5, 0.6) is 23.0 Å². The molecular formula is C41H46O11. The van der Waals surface area contributed by atoms with E-state index in [1.165, 1.54) is 18.2 Å². The van der Waals surface area contributed by atoms with E-state index in [0.29, 0.717) is 49.1 Å². The number of unbranched alkanes of at least 4 members (excludes halogenated alkanes) is 6. The molecule has 11 nitrogen and oxygen atoms in total. The van der Waals surface area contributed by atoms with Gasteiger partial charge in [0.25, 0.3) is 0 Å². The van der Waals surface area contributed by atoms with Crippen LogP contribution in [0.25, 0.3) is 0 Å². The lowest BCUT2D eigenvalue weighted by Gasteiger charge is -2.08. The van der Waals surface area contributed by atoms with Gasteiger partial charge in [-0.05, 0) is 138 Å². The first-order valence-electron chi connectivity index (χ1n) is 17.2. The number of carbonyl (C=O) groups is 4. The summed E-state index contributed by atoms with van der Waals surface area (Å²) < 4.78 is 32.4. The third-order valence-corrected chi connectivity index (χ3v) is 7.41. The van der Waals surface area contributed by atoms with Gasteiger partial charge in [-0.25, -0.2) is 19.2 Å². The number of hydrogen-bond donors (Lipinski definition) is 0. The lowest BCUT2D eigenvalue weighted by Crippen LogP contribution is -2.13. The maximum atomic E-state index is 12.7. The number of hydrogen-bond acceptors (Lipinski definition) is 11. The van der Waals surface area contributed by atoms with Crippen LogP contribution in [0.4, 0.5) is 0 Å². The van der Waals surface area contributed by atoms with Crippen LogP contribution in [0.15, 0.2) is 102 Å². The summed E-state index contributed by atoms with van der Waals surface area (Å²) in [5, 5.41) is 0. The van der Waals surface area contributed by atoms with Crippen LogP contribution in [-0.2, 0) is 19.1 Å². The number of esters is 4. The molecule has 276 valence electrons. The molecule has 0 aliphatic rings. The monoisotopic (exact) mass is 714 g/mol. The van der Waals surface area contributed by atoms with Crippen LogP contribution in [0.2, 0.25) is 0 Å². The predicted octanol–water partition coefficient (Wildman–Crippen LogP) is 7.60. The molecule has 0 spiro atoms. The van der Waals surface area contributed by atoms with E-state index in [1.807, 2.05) is 0 Å². The average molecular weight is 715 g/mol. The van der Waals surface area contributed by atoms with E-state index in [2.05, 4.69) is 13.2 Å². The normalized spacial score (nSPS) is 10.4. The molecule has 52 heavy (non-hydrogen) atoms. The van der Waals surface area contributed by atoms with Gasteiger partial charge in [0.1, 0.15) is 17.2 Å². The third-order valence-electron chi connectivity index (χ3n) is 7.41. The summed E-state index contributed by atoms with van der Waals surface area (Å²) in [4.78, 5) is 60.8. The average Bonchev–Trinajstić information content (AvgIpc) is 3.30. The van der Waals surface area contributed by atoms with E-state index in [4.69, 9.17) is 28.4 Å². The summed E-state index contributed by atoms with van der Waals surface area (Å²) in [7, 11) is 0. The van der Waals surface area contributed by atoms with Gasteiger partial charge in [0.15, 0.2) is 5.75 Å². The van der Waals surface area contributed by atoms with Gasteiger partial charge < -0.3 is 28.4 Å². The Balaban J connectivity index is 1.38.